The number of carbonyl (C=O) groups is 1. The Labute approximate surface area is 184 Å². The van der Waals surface area contributed by atoms with Crippen LogP contribution in [0.1, 0.15) is 27.9 Å². The van der Waals surface area contributed by atoms with Gasteiger partial charge in [0, 0.05) is 0 Å². The maximum Gasteiger partial charge on any atom is 0.449 e. The van der Waals surface area contributed by atoms with Gasteiger partial charge in [0.15, 0.2) is 0 Å². The van der Waals surface area contributed by atoms with E-state index in [0.717, 1.165) is 10.1 Å². The third-order valence-electron chi connectivity index (χ3n) is 4.63. The molecule has 4 rings (SSSR count). The molecule has 0 fully saturated rings. The average Bonchev–Trinajstić information content (AvgIpc) is 3.09. The number of amides is 1. The topological polar surface area (TPSA) is 71.6 Å². The van der Waals surface area contributed by atoms with Crippen LogP contribution >= 0.6 is 23.2 Å². The van der Waals surface area contributed by atoms with E-state index in [1.54, 1.807) is 37.3 Å². The average molecular weight is 468 g/mol. The Morgan fingerprint density at radius 1 is 1.23 bits per heavy atom. The number of hydrogen-bond acceptors (Lipinski definition) is 4. The summed E-state index contributed by atoms with van der Waals surface area (Å²) in [6.45, 7) is 1.66. The molecule has 0 aliphatic carbocycles. The van der Waals surface area contributed by atoms with Gasteiger partial charge in [0.25, 0.3) is 5.91 Å². The Kier molecular flexibility index (Phi) is 5.49. The number of aryl methyl sites for hydroxylation is 1. The fraction of sp³-hybridized carbons (Fsp3) is 0.200. The molecule has 11 heteroatoms. The minimum absolute atomic E-state index is 0.0860. The molecule has 1 aliphatic rings. The zero-order chi connectivity index (χ0) is 22.3. The van der Waals surface area contributed by atoms with Crippen molar-refractivity contribution >= 4 is 52.2 Å². The molecule has 1 aromatic heterocycles. The molecule has 1 atom stereocenters. The maximum atomic E-state index is 13.6. The number of rotatable bonds is 2. The quantitative estimate of drug-likeness (QED) is 0.570. The molecular weight excluding hydrogens is 454 g/mol. The summed E-state index contributed by atoms with van der Waals surface area (Å²) in [6.07, 6.45) is -4.41. The van der Waals surface area contributed by atoms with Gasteiger partial charge in [-0.05, 0) is 36.8 Å². The molecule has 160 valence electrons. The second kappa shape index (κ2) is 7.97. The lowest BCUT2D eigenvalue weighted by molar-refractivity contribution is -0.147. The molecule has 2 aromatic carbocycles. The highest BCUT2D eigenvalue weighted by Gasteiger charge is 2.39. The van der Waals surface area contributed by atoms with Gasteiger partial charge in [0.1, 0.15) is 12.0 Å². The summed E-state index contributed by atoms with van der Waals surface area (Å²) in [4.78, 5) is 24.5. The Morgan fingerprint density at radius 2 is 2.00 bits per heavy atom. The lowest BCUT2D eigenvalue weighted by Crippen LogP contribution is -2.35. The highest BCUT2D eigenvalue weighted by Crippen LogP contribution is 2.35. The molecule has 1 unspecified atom stereocenters. The van der Waals surface area contributed by atoms with Gasteiger partial charge in [-0.1, -0.05) is 35.3 Å². The molecule has 1 amide bonds. The molecule has 1 aliphatic heterocycles. The third-order valence-corrected chi connectivity index (χ3v) is 5.45. The van der Waals surface area contributed by atoms with Crippen LogP contribution in [0.2, 0.25) is 10.0 Å². The van der Waals surface area contributed by atoms with Crippen LogP contribution in [0.15, 0.2) is 46.4 Å². The number of fused-ring (bicyclic) bond motifs is 1. The van der Waals surface area contributed by atoms with Gasteiger partial charge in [-0.3, -0.25) is 19.3 Å². The number of benzene rings is 2. The predicted octanol–water partition coefficient (Wildman–Crippen LogP) is 5.08. The van der Waals surface area contributed by atoms with E-state index < -0.39 is 24.1 Å². The molecular formula is C20H14Cl2F3N5O. The number of carbonyl (C=O) groups excluding carboxylic acids is 1. The lowest BCUT2D eigenvalue weighted by Gasteiger charge is -2.20. The fourth-order valence-corrected chi connectivity index (χ4v) is 3.60. The number of imidazole rings is 1. The van der Waals surface area contributed by atoms with Crippen molar-refractivity contribution in [3.05, 3.63) is 63.4 Å². The first-order chi connectivity index (χ1) is 14.6. The fourth-order valence-electron chi connectivity index (χ4n) is 3.22. The highest BCUT2D eigenvalue weighted by molar-refractivity contribution is 6.44. The molecule has 0 radical (unpaired) electrons. The van der Waals surface area contributed by atoms with E-state index in [0.29, 0.717) is 5.52 Å². The van der Waals surface area contributed by atoms with Crippen molar-refractivity contribution in [2.75, 3.05) is 6.54 Å². The van der Waals surface area contributed by atoms with Crippen molar-refractivity contribution in [3.8, 4) is 0 Å². The van der Waals surface area contributed by atoms with E-state index in [1.165, 1.54) is 12.3 Å². The maximum absolute atomic E-state index is 13.6. The summed E-state index contributed by atoms with van der Waals surface area (Å²) < 4.78 is 41.8. The number of aliphatic imine (C=N–C) groups is 2. The van der Waals surface area contributed by atoms with Crippen LogP contribution in [-0.2, 0) is 6.18 Å². The number of amidine groups is 1. The molecule has 31 heavy (non-hydrogen) atoms. The summed E-state index contributed by atoms with van der Waals surface area (Å²) >= 11 is 12.0. The molecule has 1 N–H and O–H groups in total. The van der Waals surface area contributed by atoms with Gasteiger partial charge in [-0.25, -0.2) is 4.98 Å². The number of hydrogen-bond donors (Lipinski definition) is 1. The lowest BCUT2D eigenvalue weighted by atomic mass is 10.2. The summed E-state index contributed by atoms with van der Waals surface area (Å²) in [6, 6.07) is 9.46. The van der Waals surface area contributed by atoms with Crippen LogP contribution in [0.3, 0.4) is 0 Å². The Morgan fingerprint density at radius 3 is 2.68 bits per heavy atom. The van der Waals surface area contributed by atoms with Crippen molar-refractivity contribution in [1.82, 2.24) is 14.9 Å². The van der Waals surface area contributed by atoms with Crippen LogP contribution in [0.4, 0.5) is 13.2 Å². The molecule has 6 nitrogen and oxygen atoms in total. The summed E-state index contributed by atoms with van der Waals surface area (Å²) in [5.41, 5.74) is 1.46. The Bertz CT molecular complexity index is 1250. The molecule has 0 saturated carbocycles. The second-order valence-electron chi connectivity index (χ2n) is 6.84. The van der Waals surface area contributed by atoms with Gasteiger partial charge in [-0.2, -0.15) is 13.2 Å². The minimum atomic E-state index is -4.66. The van der Waals surface area contributed by atoms with E-state index in [-0.39, 0.29) is 33.5 Å². The molecule has 0 bridgehead atoms. The SMILES string of the molecule is Cc1ccc2c(c1)nc(C(F)(F)F)n2C1CN=C(NC(=O)c2cccc(Cl)c2Cl)C=N1. The summed E-state index contributed by atoms with van der Waals surface area (Å²) in [7, 11) is 0. The first kappa shape index (κ1) is 21.3. The summed E-state index contributed by atoms with van der Waals surface area (Å²) in [5.74, 6) is -1.51. The molecule has 0 saturated heterocycles. The minimum Gasteiger partial charge on any atom is -0.306 e. The van der Waals surface area contributed by atoms with E-state index in [1.807, 2.05) is 0 Å². The molecule has 0 spiro atoms. The number of nitrogens with one attached hydrogen (secondary N) is 1. The van der Waals surface area contributed by atoms with E-state index in [4.69, 9.17) is 23.2 Å². The van der Waals surface area contributed by atoms with Gasteiger partial charge in [0.05, 0.1) is 39.4 Å². The van der Waals surface area contributed by atoms with Crippen molar-refractivity contribution in [3.63, 3.8) is 0 Å². The Balaban J connectivity index is 1.60. The van der Waals surface area contributed by atoms with Gasteiger partial charge in [-0.15, -0.1) is 0 Å². The van der Waals surface area contributed by atoms with Gasteiger partial charge >= 0.3 is 6.18 Å². The number of halogens is 5. The second-order valence-corrected chi connectivity index (χ2v) is 7.62. The number of alkyl halides is 3. The monoisotopic (exact) mass is 467 g/mol. The van der Waals surface area contributed by atoms with Crippen molar-refractivity contribution in [1.29, 1.82) is 0 Å². The summed E-state index contributed by atoms with van der Waals surface area (Å²) in [5, 5.41) is 2.83. The largest absolute Gasteiger partial charge is 0.449 e. The normalized spacial score (nSPS) is 16.5. The molecule has 2 heterocycles. The predicted molar refractivity (Wildman–Crippen MR) is 113 cm³/mol. The van der Waals surface area contributed by atoms with Crippen LogP contribution in [0.5, 0.6) is 0 Å². The van der Waals surface area contributed by atoms with Crippen LogP contribution in [-0.4, -0.2) is 34.1 Å². The zero-order valence-corrected chi connectivity index (χ0v) is 17.4. The van der Waals surface area contributed by atoms with E-state index >= 15 is 0 Å². The van der Waals surface area contributed by atoms with Gasteiger partial charge < -0.3 is 5.32 Å². The van der Waals surface area contributed by atoms with Crippen LogP contribution < -0.4 is 5.32 Å². The number of aromatic nitrogens is 2. The van der Waals surface area contributed by atoms with Crippen molar-refractivity contribution in [2.24, 2.45) is 9.98 Å². The highest BCUT2D eigenvalue weighted by atomic mass is 35.5. The van der Waals surface area contributed by atoms with E-state index in [9.17, 15) is 18.0 Å². The van der Waals surface area contributed by atoms with Crippen molar-refractivity contribution < 1.29 is 18.0 Å². The molecule has 3 aromatic rings. The standard InChI is InChI=1S/C20H14Cl2F3N5O/c1-10-5-6-14-13(7-10)28-19(20(23,24)25)30(14)16-9-26-15(8-27-16)29-18(31)11-3-2-4-12(21)17(11)22/h2-8,16H,9H2,1H3,(H,26,29,31). The van der Waals surface area contributed by atoms with Gasteiger partial charge in [0.2, 0.25) is 5.82 Å². The number of nitrogens with zero attached hydrogens (tertiary/aromatic N) is 4. The third kappa shape index (κ3) is 4.15. The Hall–Kier alpha value is -2.91. The van der Waals surface area contributed by atoms with Crippen LogP contribution in [0.25, 0.3) is 11.0 Å². The first-order valence-corrected chi connectivity index (χ1v) is 9.79. The zero-order valence-electron chi connectivity index (χ0n) is 15.9. The first-order valence-electron chi connectivity index (χ1n) is 9.04. The van der Waals surface area contributed by atoms with Crippen LogP contribution in [0, 0.1) is 6.92 Å². The van der Waals surface area contributed by atoms with E-state index in [2.05, 4.69) is 20.3 Å². The smallest absolute Gasteiger partial charge is 0.306 e. The van der Waals surface area contributed by atoms with Crippen molar-refractivity contribution in [2.45, 2.75) is 19.3 Å².